The smallest absolute Gasteiger partial charge is 0.363 e. The maximum absolute atomic E-state index is 13.3. The number of Topliss-reactive ketones (excluding diaryl/α,β-unsaturated/α-hetero) is 1. The van der Waals surface area contributed by atoms with Crippen LogP contribution in [0.5, 0.6) is 0 Å². The van der Waals surface area contributed by atoms with Crippen LogP contribution in [0.25, 0.3) is 0 Å². The molecule has 10 heteroatoms. The average molecular weight is 338 g/mol. The molecular formula is C13H11F5N2O3. The highest BCUT2D eigenvalue weighted by molar-refractivity contribution is 5.86. The third-order valence-electron chi connectivity index (χ3n) is 3.55. The summed E-state index contributed by atoms with van der Waals surface area (Å²) in [5, 5.41) is 13.2. The van der Waals surface area contributed by atoms with Crippen LogP contribution in [0.2, 0.25) is 0 Å². The summed E-state index contributed by atoms with van der Waals surface area (Å²) in [5.74, 6) is -5.91. The molecule has 0 bridgehead atoms. The molecular weight excluding hydrogens is 327 g/mol. The molecule has 0 aromatic heterocycles. The lowest BCUT2D eigenvalue weighted by atomic mass is 9.79. The van der Waals surface area contributed by atoms with Crippen molar-refractivity contribution in [3.05, 3.63) is 35.4 Å². The molecule has 0 radical (unpaired) electrons. The van der Waals surface area contributed by atoms with Gasteiger partial charge in [-0.25, -0.2) is 13.6 Å². The number of hydrogen-bond donors (Lipinski definition) is 3. The van der Waals surface area contributed by atoms with E-state index in [-0.39, 0.29) is 5.56 Å². The van der Waals surface area contributed by atoms with Crippen LogP contribution < -0.4 is 10.6 Å². The van der Waals surface area contributed by atoms with Crippen molar-refractivity contribution in [1.82, 2.24) is 10.6 Å². The van der Waals surface area contributed by atoms with E-state index in [1.807, 2.05) is 5.32 Å². The highest BCUT2D eigenvalue weighted by Crippen LogP contribution is 2.42. The van der Waals surface area contributed by atoms with Crippen molar-refractivity contribution >= 4 is 11.8 Å². The summed E-state index contributed by atoms with van der Waals surface area (Å²) in [4.78, 5) is 23.2. The van der Waals surface area contributed by atoms with Crippen molar-refractivity contribution < 1.29 is 36.6 Å². The van der Waals surface area contributed by atoms with Crippen molar-refractivity contribution in [2.24, 2.45) is 5.92 Å². The monoisotopic (exact) mass is 338 g/mol. The normalized spacial score (nSPS) is 28.0. The fourth-order valence-electron chi connectivity index (χ4n) is 2.51. The van der Waals surface area contributed by atoms with E-state index in [2.05, 4.69) is 0 Å². The first-order chi connectivity index (χ1) is 10.5. The summed E-state index contributed by atoms with van der Waals surface area (Å²) in [5.41, 5.74) is -4.13. The molecule has 1 fully saturated rings. The van der Waals surface area contributed by atoms with Gasteiger partial charge >= 0.3 is 12.2 Å². The number of aliphatic hydroxyl groups is 1. The first kappa shape index (κ1) is 17.1. The van der Waals surface area contributed by atoms with Crippen LogP contribution >= 0.6 is 0 Å². The zero-order valence-corrected chi connectivity index (χ0v) is 11.5. The lowest BCUT2D eigenvalue weighted by Gasteiger charge is -2.44. The summed E-state index contributed by atoms with van der Waals surface area (Å²) < 4.78 is 65.8. The van der Waals surface area contributed by atoms with Crippen LogP contribution in [0.4, 0.5) is 26.7 Å². The van der Waals surface area contributed by atoms with E-state index in [9.17, 15) is 36.6 Å². The Morgan fingerprint density at radius 1 is 1.26 bits per heavy atom. The van der Waals surface area contributed by atoms with Crippen LogP contribution in [0.15, 0.2) is 18.2 Å². The maximum atomic E-state index is 13.3. The van der Waals surface area contributed by atoms with Crippen LogP contribution in [0, 0.1) is 17.6 Å². The lowest BCUT2D eigenvalue weighted by molar-refractivity contribution is -0.290. The van der Waals surface area contributed by atoms with Crippen molar-refractivity contribution in [2.75, 3.05) is 0 Å². The molecule has 0 spiro atoms. The molecule has 1 saturated heterocycles. The first-order valence-corrected chi connectivity index (χ1v) is 6.30. The van der Waals surface area contributed by atoms with E-state index in [1.54, 1.807) is 0 Å². The first-order valence-electron chi connectivity index (χ1n) is 6.30. The zero-order valence-electron chi connectivity index (χ0n) is 11.5. The van der Waals surface area contributed by atoms with E-state index in [0.717, 1.165) is 13.0 Å². The third-order valence-corrected chi connectivity index (χ3v) is 3.55. The van der Waals surface area contributed by atoms with Crippen LogP contribution in [0.3, 0.4) is 0 Å². The summed E-state index contributed by atoms with van der Waals surface area (Å²) in [6, 6.07) is -0.984. The van der Waals surface area contributed by atoms with E-state index in [0.29, 0.717) is 12.1 Å². The Hall–Kier alpha value is -2.23. The fraction of sp³-hybridized carbons (Fsp3) is 0.385. The average Bonchev–Trinajstić information content (AvgIpc) is 2.39. The van der Waals surface area contributed by atoms with Crippen LogP contribution in [-0.4, -0.2) is 28.8 Å². The van der Waals surface area contributed by atoms with Crippen LogP contribution in [-0.2, 0) is 4.79 Å². The Morgan fingerprint density at radius 2 is 1.87 bits per heavy atom. The van der Waals surface area contributed by atoms with Crippen molar-refractivity contribution in [2.45, 2.75) is 24.9 Å². The largest absolute Gasteiger partial charge is 0.437 e. The summed E-state index contributed by atoms with van der Waals surface area (Å²) in [7, 11) is 0. The number of alkyl halides is 3. The van der Waals surface area contributed by atoms with Gasteiger partial charge in [-0.2, -0.15) is 13.2 Å². The highest BCUT2D eigenvalue weighted by atomic mass is 19.4. The van der Waals surface area contributed by atoms with Crippen molar-refractivity contribution in [3.63, 3.8) is 0 Å². The number of urea groups is 1. The molecule has 23 heavy (non-hydrogen) atoms. The number of benzene rings is 1. The minimum Gasteiger partial charge on any atom is -0.363 e. The molecule has 3 atom stereocenters. The second-order valence-electron chi connectivity index (χ2n) is 5.10. The molecule has 0 unspecified atom stereocenters. The van der Waals surface area contributed by atoms with Gasteiger partial charge in [0.2, 0.25) is 5.72 Å². The Morgan fingerprint density at radius 3 is 2.35 bits per heavy atom. The van der Waals surface area contributed by atoms with Gasteiger partial charge in [0.15, 0.2) is 11.6 Å². The maximum Gasteiger partial charge on any atom is 0.437 e. The topological polar surface area (TPSA) is 78.4 Å². The predicted octanol–water partition coefficient (Wildman–Crippen LogP) is 1.77. The number of hydrogen-bond acceptors (Lipinski definition) is 3. The number of ketones is 1. The molecule has 126 valence electrons. The number of nitrogens with one attached hydrogen (secondary N) is 2. The number of halogens is 5. The molecule has 0 aliphatic carbocycles. The van der Waals surface area contributed by atoms with E-state index >= 15 is 0 Å². The fourth-order valence-corrected chi connectivity index (χ4v) is 2.51. The Labute approximate surface area is 126 Å². The van der Waals surface area contributed by atoms with E-state index in [4.69, 9.17) is 0 Å². The second-order valence-corrected chi connectivity index (χ2v) is 5.10. The molecule has 2 amide bonds. The van der Waals surface area contributed by atoms with Gasteiger partial charge in [-0.3, -0.25) is 4.79 Å². The molecule has 1 aromatic rings. The van der Waals surface area contributed by atoms with Gasteiger partial charge in [-0.15, -0.1) is 0 Å². The third kappa shape index (κ3) is 2.85. The number of carbonyl (C=O) groups is 2. The SMILES string of the molecule is CC(=O)[C@H]1[C@@H](c2ccc(F)c(F)c2)NC(=O)N[C@]1(O)C(F)(F)F. The molecule has 0 saturated carbocycles. The highest BCUT2D eigenvalue weighted by Gasteiger charge is 2.65. The van der Waals surface area contributed by atoms with Crippen LogP contribution in [0.1, 0.15) is 18.5 Å². The standard InChI is InChI=1S/C13H11F5N2O3/c1-5(21)9-10(6-2-3-7(14)8(15)4-6)19-11(22)20-12(9,23)13(16,17)18/h2-4,9-10,23H,1H3,(H2,19,20,22)/t9-,10+,12+/m0/s1. The van der Waals surface area contributed by atoms with Gasteiger partial charge in [-0.05, 0) is 24.6 Å². The quantitative estimate of drug-likeness (QED) is 0.719. The zero-order chi connectivity index (χ0) is 17.6. The molecule has 1 aromatic carbocycles. The Balaban J connectivity index is 2.58. The molecule has 1 aliphatic heterocycles. The van der Waals surface area contributed by atoms with Gasteiger partial charge in [-0.1, -0.05) is 6.07 Å². The lowest BCUT2D eigenvalue weighted by Crippen LogP contribution is -2.72. The number of carbonyl (C=O) groups excluding carboxylic acids is 2. The van der Waals surface area contributed by atoms with Gasteiger partial charge in [0.1, 0.15) is 5.78 Å². The minimum atomic E-state index is -5.36. The number of amides is 2. The minimum absolute atomic E-state index is 0.290. The summed E-state index contributed by atoms with van der Waals surface area (Å²) in [6.45, 7) is 0.785. The van der Waals surface area contributed by atoms with Crippen molar-refractivity contribution in [1.29, 1.82) is 0 Å². The number of rotatable bonds is 2. The predicted molar refractivity (Wildman–Crippen MR) is 65.9 cm³/mol. The second kappa shape index (κ2) is 5.44. The summed E-state index contributed by atoms with van der Waals surface area (Å²) in [6.07, 6.45) is -5.36. The summed E-state index contributed by atoms with van der Waals surface area (Å²) >= 11 is 0. The molecule has 5 nitrogen and oxygen atoms in total. The molecule has 3 N–H and O–H groups in total. The van der Waals surface area contributed by atoms with Gasteiger partial charge in [0.25, 0.3) is 0 Å². The van der Waals surface area contributed by atoms with E-state index < -0.39 is 47.3 Å². The molecule has 1 aliphatic rings. The molecule has 2 rings (SSSR count). The Bertz CT molecular complexity index is 664. The molecule has 1 heterocycles. The Kier molecular flexibility index (Phi) is 4.05. The van der Waals surface area contributed by atoms with Gasteiger partial charge in [0.05, 0.1) is 12.0 Å². The van der Waals surface area contributed by atoms with Gasteiger partial charge in [0, 0.05) is 0 Å². The van der Waals surface area contributed by atoms with Crippen molar-refractivity contribution in [3.8, 4) is 0 Å². The van der Waals surface area contributed by atoms with Gasteiger partial charge < -0.3 is 15.7 Å². The van der Waals surface area contributed by atoms with E-state index in [1.165, 1.54) is 5.32 Å².